The summed E-state index contributed by atoms with van der Waals surface area (Å²) in [6.45, 7) is 1.85. The minimum Gasteiger partial charge on any atom is -0.494 e. The molecule has 4 aromatic rings. The Kier molecular flexibility index (Phi) is 6.41. The van der Waals surface area contributed by atoms with E-state index in [-0.39, 0.29) is 11.7 Å². The average Bonchev–Trinajstić information content (AvgIpc) is 3.50. The van der Waals surface area contributed by atoms with Crippen molar-refractivity contribution < 1.29 is 9.13 Å². The van der Waals surface area contributed by atoms with Gasteiger partial charge in [-0.3, -0.25) is 0 Å². The first-order valence-corrected chi connectivity index (χ1v) is 13.0. The number of imidazole rings is 1. The molecule has 2 aliphatic rings. The Morgan fingerprint density at radius 2 is 1.89 bits per heavy atom. The molecule has 1 unspecified atom stereocenters. The second kappa shape index (κ2) is 9.89. The van der Waals surface area contributed by atoms with Crippen molar-refractivity contribution in [2.75, 3.05) is 44.5 Å². The van der Waals surface area contributed by atoms with Crippen LogP contribution in [0.15, 0.2) is 55.0 Å². The lowest BCUT2D eigenvalue weighted by Gasteiger charge is -2.44. The smallest absolute Gasteiger partial charge is 0.229 e. The molecule has 196 valence electrons. The van der Waals surface area contributed by atoms with Gasteiger partial charge >= 0.3 is 0 Å². The summed E-state index contributed by atoms with van der Waals surface area (Å²) < 4.78 is 21.1. The number of likely N-dealkylation sites (N-methyl/N-ethyl adjacent to an activating group) is 1. The molecule has 0 radical (unpaired) electrons. The van der Waals surface area contributed by atoms with Crippen LogP contribution in [0.2, 0.25) is 5.15 Å². The number of rotatable bonds is 7. The number of anilines is 3. The maximum atomic E-state index is 13.6. The van der Waals surface area contributed by atoms with Crippen LogP contribution < -0.4 is 15.0 Å². The van der Waals surface area contributed by atoms with Crippen LogP contribution in [0.4, 0.5) is 21.8 Å². The van der Waals surface area contributed by atoms with Gasteiger partial charge in [-0.15, -0.1) is 0 Å². The van der Waals surface area contributed by atoms with Crippen molar-refractivity contribution in [2.45, 2.75) is 24.8 Å². The third kappa shape index (κ3) is 4.56. The Labute approximate surface area is 226 Å². The Morgan fingerprint density at radius 3 is 2.58 bits per heavy atom. The predicted octanol–water partition coefficient (Wildman–Crippen LogP) is 5.04. The first-order valence-electron chi connectivity index (χ1n) is 12.6. The molecule has 1 aliphatic carbocycles. The van der Waals surface area contributed by atoms with Gasteiger partial charge in [-0.25, -0.2) is 14.4 Å². The van der Waals surface area contributed by atoms with E-state index in [1.54, 1.807) is 19.6 Å². The summed E-state index contributed by atoms with van der Waals surface area (Å²) in [5.74, 6) is 2.04. The molecule has 0 spiro atoms. The van der Waals surface area contributed by atoms with Crippen molar-refractivity contribution in [2.24, 2.45) is 0 Å². The van der Waals surface area contributed by atoms with Crippen molar-refractivity contribution in [3.63, 3.8) is 0 Å². The molecular weight excluding hydrogens is 505 g/mol. The van der Waals surface area contributed by atoms with Gasteiger partial charge in [0.15, 0.2) is 0 Å². The number of benzene rings is 2. The normalized spacial score (nSPS) is 17.0. The summed E-state index contributed by atoms with van der Waals surface area (Å²) in [5.41, 5.74) is 4.88. The second-order valence-corrected chi connectivity index (χ2v) is 10.4. The van der Waals surface area contributed by atoms with E-state index in [1.165, 1.54) is 17.7 Å². The van der Waals surface area contributed by atoms with Gasteiger partial charge in [-0.05, 0) is 56.8 Å². The number of aromatic nitrogens is 4. The van der Waals surface area contributed by atoms with Crippen LogP contribution in [0.3, 0.4) is 0 Å². The summed E-state index contributed by atoms with van der Waals surface area (Å²) in [4.78, 5) is 18.7. The van der Waals surface area contributed by atoms with Crippen molar-refractivity contribution >= 4 is 29.1 Å². The van der Waals surface area contributed by atoms with E-state index in [1.807, 2.05) is 34.9 Å². The zero-order valence-corrected chi connectivity index (χ0v) is 22.3. The lowest BCUT2D eigenvalue weighted by Crippen LogP contribution is -2.58. The second-order valence-electron chi connectivity index (χ2n) is 10.0. The fourth-order valence-corrected chi connectivity index (χ4v) is 5.41. The number of ether oxygens (including phenoxy) is 1. The van der Waals surface area contributed by atoms with Crippen LogP contribution >= 0.6 is 11.6 Å². The number of hydrogen-bond acceptors (Lipinski definition) is 7. The van der Waals surface area contributed by atoms with Crippen molar-refractivity contribution in [1.29, 1.82) is 0 Å². The molecule has 6 rings (SSSR count). The Bertz CT molecular complexity index is 1470. The van der Waals surface area contributed by atoms with Crippen molar-refractivity contribution in [3.05, 3.63) is 82.8 Å². The quantitative estimate of drug-likeness (QED) is 0.357. The first kappa shape index (κ1) is 24.6. The molecule has 8 nitrogen and oxygen atoms in total. The van der Waals surface area contributed by atoms with Crippen LogP contribution in [0.5, 0.6) is 5.75 Å². The maximum Gasteiger partial charge on any atom is 0.229 e. The van der Waals surface area contributed by atoms with E-state index in [0.717, 1.165) is 54.4 Å². The van der Waals surface area contributed by atoms with Crippen molar-refractivity contribution in [3.8, 4) is 11.4 Å². The molecule has 2 aromatic carbocycles. The molecule has 2 aromatic heterocycles. The average molecular weight is 534 g/mol. The minimum atomic E-state index is -0.233. The Balaban J connectivity index is 1.35. The van der Waals surface area contributed by atoms with E-state index < -0.39 is 0 Å². The molecular formula is C28H29ClFN7O. The third-order valence-electron chi connectivity index (χ3n) is 7.46. The molecule has 38 heavy (non-hydrogen) atoms. The van der Waals surface area contributed by atoms with Gasteiger partial charge in [0.25, 0.3) is 0 Å². The van der Waals surface area contributed by atoms with E-state index in [4.69, 9.17) is 26.3 Å². The molecule has 0 bridgehead atoms. The number of fused-ring (bicyclic) bond motifs is 1. The molecule has 10 heteroatoms. The zero-order chi connectivity index (χ0) is 26.4. The maximum absolute atomic E-state index is 13.6. The fraction of sp³-hybridized carbons (Fsp3) is 0.321. The standard InChI is InChI=1S/C28H29ClFN7O/c1-35(2)20-13-36(14-20)27-22-10-9-21(17-4-6-18(30)7-5-17)26(22)33-28(34-27)32-19-8-11-23(24(12-19)38-3)37-15-25(29)31-16-37/h4-8,11-12,15-16,20-21H,9-10,13-14H2,1-3H3,(H,32,33,34). The van der Waals surface area contributed by atoms with Gasteiger partial charge in [0.05, 0.1) is 18.5 Å². The highest BCUT2D eigenvalue weighted by Gasteiger charge is 2.36. The predicted molar refractivity (Wildman–Crippen MR) is 147 cm³/mol. The summed E-state index contributed by atoms with van der Waals surface area (Å²) in [6.07, 6.45) is 5.19. The SMILES string of the molecule is COc1cc(Nc2nc3c(c(N4CC(N(C)C)C4)n2)CCC3c2ccc(F)cc2)ccc1-n1cnc(Cl)c1. The van der Waals surface area contributed by atoms with E-state index in [9.17, 15) is 4.39 Å². The lowest BCUT2D eigenvalue weighted by atomic mass is 9.96. The monoisotopic (exact) mass is 533 g/mol. The van der Waals surface area contributed by atoms with Crippen molar-refractivity contribution in [1.82, 2.24) is 24.4 Å². The number of hydrogen-bond donors (Lipinski definition) is 1. The number of nitrogens with zero attached hydrogens (tertiary/aromatic N) is 6. The molecule has 1 fully saturated rings. The molecule has 1 saturated heterocycles. The summed E-state index contributed by atoms with van der Waals surface area (Å²) >= 11 is 6.01. The van der Waals surface area contributed by atoms with Gasteiger partial charge in [0.2, 0.25) is 5.95 Å². The molecule has 1 atom stereocenters. The molecule has 0 amide bonds. The summed E-state index contributed by atoms with van der Waals surface area (Å²) in [7, 11) is 5.85. The van der Waals surface area contributed by atoms with Crippen LogP contribution in [0.1, 0.15) is 29.2 Å². The summed E-state index contributed by atoms with van der Waals surface area (Å²) in [5, 5.41) is 3.81. The molecule has 3 heterocycles. The van der Waals surface area contributed by atoms with E-state index in [0.29, 0.717) is 22.9 Å². The van der Waals surface area contributed by atoms with Gasteiger partial charge in [0, 0.05) is 48.6 Å². The molecule has 1 N–H and O–H groups in total. The molecule has 0 saturated carbocycles. The van der Waals surface area contributed by atoms with Gasteiger partial charge in [-0.2, -0.15) is 4.98 Å². The van der Waals surface area contributed by atoms with Gasteiger partial charge in [0.1, 0.15) is 28.9 Å². The highest BCUT2D eigenvalue weighted by atomic mass is 35.5. The van der Waals surface area contributed by atoms with Crippen LogP contribution in [-0.4, -0.2) is 64.8 Å². The van der Waals surface area contributed by atoms with Crippen LogP contribution in [0.25, 0.3) is 5.69 Å². The number of halogens is 2. The number of nitrogens with one attached hydrogen (secondary N) is 1. The topological polar surface area (TPSA) is 71.3 Å². The molecule has 1 aliphatic heterocycles. The van der Waals surface area contributed by atoms with Crippen LogP contribution in [0, 0.1) is 5.82 Å². The van der Waals surface area contributed by atoms with E-state index >= 15 is 0 Å². The van der Waals surface area contributed by atoms with Gasteiger partial charge < -0.3 is 24.4 Å². The Hall–Kier alpha value is -3.69. The first-order chi connectivity index (χ1) is 18.4. The van der Waals surface area contributed by atoms with E-state index in [2.05, 4.69) is 34.2 Å². The summed E-state index contributed by atoms with van der Waals surface area (Å²) in [6, 6.07) is 13.1. The lowest BCUT2D eigenvalue weighted by molar-refractivity contribution is 0.246. The number of methoxy groups -OCH3 is 1. The third-order valence-corrected chi connectivity index (χ3v) is 7.66. The minimum absolute atomic E-state index is 0.0988. The highest BCUT2D eigenvalue weighted by molar-refractivity contribution is 6.29. The zero-order valence-electron chi connectivity index (χ0n) is 21.5. The highest BCUT2D eigenvalue weighted by Crippen LogP contribution is 2.42. The van der Waals surface area contributed by atoms with Gasteiger partial charge in [-0.1, -0.05) is 23.7 Å². The fourth-order valence-electron chi connectivity index (χ4n) is 5.26. The largest absolute Gasteiger partial charge is 0.494 e. The van der Waals surface area contributed by atoms with Crippen LogP contribution in [-0.2, 0) is 6.42 Å². The Morgan fingerprint density at radius 1 is 1.11 bits per heavy atom.